The van der Waals surface area contributed by atoms with Crippen molar-refractivity contribution in [3.63, 3.8) is 0 Å². The molecule has 1 unspecified atom stereocenters. The van der Waals surface area contributed by atoms with Gasteiger partial charge in [0.15, 0.2) is 0 Å². The summed E-state index contributed by atoms with van der Waals surface area (Å²) >= 11 is 0. The fourth-order valence-electron chi connectivity index (χ4n) is 2.78. The second-order valence-electron chi connectivity index (χ2n) is 5.85. The maximum absolute atomic E-state index is 10.2. The van der Waals surface area contributed by atoms with Crippen LogP contribution in [0.5, 0.6) is 0 Å². The fraction of sp³-hybridized carbons (Fsp3) is 0.647. The number of piperidine rings is 1. The first-order valence-corrected chi connectivity index (χ1v) is 7.88. The lowest BCUT2D eigenvalue weighted by Crippen LogP contribution is -2.38. The van der Waals surface area contributed by atoms with E-state index in [-0.39, 0.29) is 18.8 Å². The Kier molecular flexibility index (Phi) is 6.64. The Bertz CT molecular complexity index is 399. The van der Waals surface area contributed by atoms with Crippen molar-refractivity contribution in [2.75, 3.05) is 32.8 Å². The van der Waals surface area contributed by atoms with Gasteiger partial charge >= 0.3 is 0 Å². The van der Waals surface area contributed by atoms with Crippen LogP contribution in [-0.2, 0) is 4.74 Å². The van der Waals surface area contributed by atoms with Gasteiger partial charge in [-0.05, 0) is 31.7 Å². The summed E-state index contributed by atoms with van der Waals surface area (Å²) < 4.78 is 5.56. The summed E-state index contributed by atoms with van der Waals surface area (Å²) in [5, 5.41) is 19.0. The van der Waals surface area contributed by atoms with Gasteiger partial charge in [0.1, 0.15) is 0 Å². The van der Waals surface area contributed by atoms with Crippen LogP contribution in [0.3, 0.4) is 0 Å². The van der Waals surface area contributed by atoms with Crippen LogP contribution in [-0.4, -0.2) is 54.1 Å². The van der Waals surface area contributed by atoms with Gasteiger partial charge in [0.25, 0.3) is 0 Å². The number of hydrogen-bond acceptors (Lipinski definition) is 4. The highest BCUT2D eigenvalue weighted by Crippen LogP contribution is 2.19. The summed E-state index contributed by atoms with van der Waals surface area (Å²) in [6.07, 6.45) is 2.70. The molecule has 21 heavy (non-hydrogen) atoms. The number of benzene rings is 1. The van der Waals surface area contributed by atoms with Crippen LogP contribution in [0.2, 0.25) is 0 Å². The summed E-state index contributed by atoms with van der Waals surface area (Å²) in [5.74, 6) is 0. The van der Waals surface area contributed by atoms with E-state index in [1.807, 2.05) is 24.3 Å². The molecule has 1 heterocycles. The Morgan fingerprint density at radius 1 is 1.24 bits per heavy atom. The van der Waals surface area contributed by atoms with Crippen molar-refractivity contribution >= 4 is 0 Å². The van der Waals surface area contributed by atoms with Gasteiger partial charge in [-0.15, -0.1) is 0 Å². The Morgan fingerprint density at radius 2 is 1.90 bits per heavy atom. The van der Waals surface area contributed by atoms with Crippen molar-refractivity contribution < 1.29 is 14.9 Å². The molecule has 0 amide bonds. The van der Waals surface area contributed by atoms with Crippen LogP contribution in [0.1, 0.15) is 36.5 Å². The third-order valence-electron chi connectivity index (χ3n) is 4.16. The van der Waals surface area contributed by atoms with Crippen LogP contribution >= 0.6 is 0 Å². The average Bonchev–Trinajstić information content (AvgIpc) is 2.52. The topological polar surface area (TPSA) is 52.9 Å². The predicted molar refractivity (Wildman–Crippen MR) is 83.3 cm³/mol. The van der Waals surface area contributed by atoms with E-state index in [0.29, 0.717) is 6.61 Å². The van der Waals surface area contributed by atoms with E-state index in [0.717, 1.165) is 44.5 Å². The summed E-state index contributed by atoms with van der Waals surface area (Å²) in [5.41, 5.74) is 2.22. The number of aliphatic hydroxyl groups excluding tert-OH is 2. The van der Waals surface area contributed by atoms with Gasteiger partial charge in [0, 0.05) is 19.6 Å². The van der Waals surface area contributed by atoms with Crippen molar-refractivity contribution in [3.8, 4) is 0 Å². The van der Waals surface area contributed by atoms with E-state index >= 15 is 0 Å². The maximum Gasteiger partial charge on any atom is 0.0802 e. The Morgan fingerprint density at radius 3 is 2.52 bits per heavy atom. The molecule has 118 valence electrons. The molecule has 1 aromatic rings. The predicted octanol–water partition coefficient (Wildman–Crippen LogP) is 1.89. The summed E-state index contributed by atoms with van der Waals surface area (Å²) in [7, 11) is 0. The lowest BCUT2D eigenvalue weighted by atomic mass is 10.0. The van der Waals surface area contributed by atoms with Crippen molar-refractivity contribution in [3.05, 3.63) is 35.4 Å². The number of rotatable bonds is 7. The zero-order valence-electron chi connectivity index (χ0n) is 12.9. The van der Waals surface area contributed by atoms with Gasteiger partial charge < -0.3 is 19.8 Å². The zero-order chi connectivity index (χ0) is 15.1. The molecule has 1 aliphatic rings. The summed E-state index contributed by atoms with van der Waals surface area (Å²) in [6.45, 7) is 5.54. The first-order chi connectivity index (χ1) is 10.2. The van der Waals surface area contributed by atoms with Crippen LogP contribution in [0.4, 0.5) is 0 Å². The maximum atomic E-state index is 10.2. The molecule has 0 radical (unpaired) electrons. The first-order valence-electron chi connectivity index (χ1n) is 7.88. The number of aryl methyl sites for hydroxylation is 1. The van der Waals surface area contributed by atoms with Crippen molar-refractivity contribution in [2.45, 2.75) is 38.4 Å². The van der Waals surface area contributed by atoms with Gasteiger partial charge in [-0.3, -0.25) is 0 Å². The molecule has 1 atom stereocenters. The van der Waals surface area contributed by atoms with E-state index in [1.165, 1.54) is 5.56 Å². The molecule has 0 aromatic heterocycles. The highest BCUT2D eigenvalue weighted by molar-refractivity contribution is 5.23. The molecule has 0 saturated carbocycles. The molecule has 4 heteroatoms. The third-order valence-corrected chi connectivity index (χ3v) is 4.16. The van der Waals surface area contributed by atoms with E-state index < -0.39 is 0 Å². The highest BCUT2D eigenvalue weighted by Gasteiger charge is 2.20. The quantitative estimate of drug-likeness (QED) is 0.806. The van der Waals surface area contributed by atoms with Crippen LogP contribution in [0, 0.1) is 6.92 Å². The number of nitrogens with zero attached hydrogens (tertiary/aromatic N) is 1. The summed E-state index contributed by atoms with van der Waals surface area (Å²) in [6, 6.07) is 8.11. The van der Waals surface area contributed by atoms with Gasteiger partial charge in [-0.25, -0.2) is 0 Å². The first kappa shape index (κ1) is 16.4. The van der Waals surface area contributed by atoms with Gasteiger partial charge in [0.2, 0.25) is 0 Å². The van der Waals surface area contributed by atoms with E-state index in [2.05, 4.69) is 11.8 Å². The molecule has 2 rings (SSSR count). The van der Waals surface area contributed by atoms with Gasteiger partial charge in [0.05, 0.1) is 25.4 Å². The number of aliphatic hydroxyl groups is 2. The summed E-state index contributed by atoms with van der Waals surface area (Å²) in [4.78, 5) is 2.39. The third kappa shape index (κ3) is 5.40. The molecule has 0 bridgehead atoms. The standard InChI is InChI=1S/C17H27NO3/c1-14-2-4-15(5-3-14)17(20)8-11-18-9-6-16(7-10-18)21-13-12-19/h2-5,16-17,19-20H,6-13H2,1H3. The zero-order valence-corrected chi connectivity index (χ0v) is 12.9. The largest absolute Gasteiger partial charge is 0.394 e. The monoisotopic (exact) mass is 293 g/mol. The molecule has 1 aromatic carbocycles. The molecule has 0 aliphatic carbocycles. The molecule has 4 nitrogen and oxygen atoms in total. The van der Waals surface area contributed by atoms with Crippen LogP contribution in [0.15, 0.2) is 24.3 Å². The van der Waals surface area contributed by atoms with Crippen molar-refractivity contribution in [1.29, 1.82) is 0 Å². The van der Waals surface area contributed by atoms with E-state index in [1.54, 1.807) is 0 Å². The Balaban J connectivity index is 1.68. The second kappa shape index (κ2) is 8.49. The van der Waals surface area contributed by atoms with Gasteiger partial charge in [-0.1, -0.05) is 29.8 Å². The van der Waals surface area contributed by atoms with Crippen LogP contribution in [0.25, 0.3) is 0 Å². The minimum atomic E-state index is -0.381. The molecular weight excluding hydrogens is 266 g/mol. The molecule has 1 fully saturated rings. The second-order valence-corrected chi connectivity index (χ2v) is 5.85. The Labute approximate surface area is 127 Å². The average molecular weight is 293 g/mol. The number of likely N-dealkylation sites (tertiary alicyclic amines) is 1. The molecule has 0 spiro atoms. The number of ether oxygens (including phenoxy) is 1. The molecule has 1 saturated heterocycles. The van der Waals surface area contributed by atoms with E-state index in [4.69, 9.17) is 9.84 Å². The van der Waals surface area contributed by atoms with Crippen LogP contribution < -0.4 is 0 Å². The van der Waals surface area contributed by atoms with Gasteiger partial charge in [-0.2, -0.15) is 0 Å². The number of hydrogen-bond donors (Lipinski definition) is 2. The van der Waals surface area contributed by atoms with Crippen molar-refractivity contribution in [2.24, 2.45) is 0 Å². The normalized spacial score (nSPS) is 18.8. The molecule has 2 N–H and O–H groups in total. The van der Waals surface area contributed by atoms with E-state index in [9.17, 15) is 5.11 Å². The van der Waals surface area contributed by atoms with Crippen molar-refractivity contribution in [1.82, 2.24) is 4.90 Å². The minimum absolute atomic E-state index is 0.100. The lowest BCUT2D eigenvalue weighted by Gasteiger charge is -2.32. The highest BCUT2D eigenvalue weighted by atomic mass is 16.5. The fourth-order valence-corrected chi connectivity index (χ4v) is 2.78. The molecular formula is C17H27NO3. The lowest BCUT2D eigenvalue weighted by molar-refractivity contribution is -0.00958. The molecule has 1 aliphatic heterocycles. The SMILES string of the molecule is Cc1ccc(C(O)CCN2CCC(OCCO)CC2)cc1. The minimum Gasteiger partial charge on any atom is -0.394 e. The smallest absolute Gasteiger partial charge is 0.0802 e. The Hall–Kier alpha value is -0.940.